The molecular formula is C11H21NO2Si2. The molecule has 0 aromatic heterocycles. The maximum Gasteiger partial charge on any atom is 0.356 e. The van der Waals surface area contributed by atoms with Gasteiger partial charge in [-0.2, -0.15) is 0 Å². The van der Waals surface area contributed by atoms with Crippen molar-refractivity contribution >= 4 is 22.1 Å². The van der Waals surface area contributed by atoms with Gasteiger partial charge in [0.05, 0.1) is 0 Å². The Morgan fingerprint density at radius 3 is 2.25 bits per heavy atom. The van der Waals surface area contributed by atoms with E-state index >= 15 is 0 Å². The van der Waals surface area contributed by atoms with Gasteiger partial charge >= 0.3 is 8.56 Å². The summed E-state index contributed by atoms with van der Waals surface area (Å²) in [5.41, 5.74) is 5.56. The molecule has 1 unspecified atom stereocenters. The fourth-order valence-electron chi connectivity index (χ4n) is 1.74. The highest BCUT2D eigenvalue weighted by molar-refractivity contribution is 6.88. The van der Waals surface area contributed by atoms with E-state index in [1.54, 1.807) is 0 Å². The minimum atomic E-state index is -2.75. The molecule has 1 rings (SSSR count). The topological polar surface area (TPSA) is 55.5 Å². The molecule has 0 saturated carbocycles. The first-order chi connectivity index (χ1) is 7.37. The Hall–Kier alpha value is -0.466. The Labute approximate surface area is 99.6 Å². The van der Waals surface area contributed by atoms with Crippen molar-refractivity contribution in [3.63, 3.8) is 0 Å². The van der Waals surface area contributed by atoms with Crippen LogP contribution in [-0.4, -0.2) is 28.2 Å². The van der Waals surface area contributed by atoms with Gasteiger partial charge in [-0.05, 0) is 37.4 Å². The molecule has 90 valence electrons. The molecule has 0 heterocycles. The third kappa shape index (κ3) is 3.84. The number of hydrogen-bond donors (Lipinski definition) is 2. The van der Waals surface area contributed by atoms with Gasteiger partial charge in [-0.3, -0.25) is 0 Å². The largest absolute Gasteiger partial charge is 0.433 e. The number of rotatable bonds is 5. The molecule has 0 spiro atoms. The minimum Gasteiger partial charge on any atom is -0.433 e. The first-order valence-corrected chi connectivity index (χ1v) is 11.0. The average molecular weight is 255 g/mol. The van der Waals surface area contributed by atoms with Crippen molar-refractivity contribution in [1.29, 1.82) is 0 Å². The van der Waals surface area contributed by atoms with E-state index in [1.807, 2.05) is 36.9 Å². The van der Waals surface area contributed by atoms with E-state index in [-0.39, 0.29) is 0 Å². The van der Waals surface area contributed by atoms with Crippen molar-refractivity contribution in [2.24, 2.45) is 5.73 Å². The van der Waals surface area contributed by atoms with E-state index in [4.69, 9.17) is 9.85 Å². The summed E-state index contributed by atoms with van der Waals surface area (Å²) in [4.78, 5) is 10.5. The molecule has 0 amide bonds. The molecule has 0 aliphatic heterocycles. The second-order valence-corrected chi connectivity index (χ2v) is 12.1. The number of benzene rings is 1. The zero-order valence-electron chi connectivity index (χ0n) is 10.2. The quantitative estimate of drug-likeness (QED) is 0.776. The molecule has 0 fully saturated rings. The lowest BCUT2D eigenvalue weighted by atomic mass is 10.4. The fourth-order valence-corrected chi connectivity index (χ4v) is 8.43. The molecule has 3 nitrogen and oxygen atoms in total. The van der Waals surface area contributed by atoms with E-state index in [0.717, 1.165) is 11.2 Å². The van der Waals surface area contributed by atoms with E-state index in [1.165, 1.54) is 0 Å². The normalized spacial score (nSPS) is 15.8. The van der Waals surface area contributed by atoms with E-state index in [0.29, 0.717) is 6.54 Å². The van der Waals surface area contributed by atoms with Gasteiger partial charge < -0.3 is 14.6 Å². The molecule has 16 heavy (non-hydrogen) atoms. The lowest BCUT2D eigenvalue weighted by molar-refractivity contribution is 0.395. The van der Waals surface area contributed by atoms with Crippen LogP contribution in [0.1, 0.15) is 0 Å². The van der Waals surface area contributed by atoms with Crippen LogP contribution in [0.3, 0.4) is 0 Å². The molecule has 0 aliphatic carbocycles. The minimum absolute atomic E-state index is 0.624. The Balaban J connectivity index is 2.79. The van der Waals surface area contributed by atoms with Gasteiger partial charge in [-0.25, -0.2) is 0 Å². The highest BCUT2D eigenvalue weighted by Gasteiger charge is 2.37. The van der Waals surface area contributed by atoms with Crippen LogP contribution in [0, 0.1) is 0 Å². The van der Waals surface area contributed by atoms with E-state index in [9.17, 15) is 4.80 Å². The highest BCUT2D eigenvalue weighted by Crippen LogP contribution is 2.15. The second-order valence-electron chi connectivity index (χ2n) is 4.75. The number of hydrogen-bond acceptors (Lipinski definition) is 3. The maximum absolute atomic E-state index is 10.5. The van der Waals surface area contributed by atoms with Gasteiger partial charge in [-0.15, -0.1) is 0 Å². The van der Waals surface area contributed by atoms with Gasteiger partial charge in [0.25, 0.3) is 0 Å². The van der Waals surface area contributed by atoms with Crippen LogP contribution in [0.2, 0.25) is 25.7 Å². The van der Waals surface area contributed by atoms with Gasteiger partial charge in [0.15, 0.2) is 8.32 Å². The third-order valence-corrected chi connectivity index (χ3v) is 9.23. The standard InChI is InChI=1S/C11H21NO2Si2/c1-15(2,10-9-12)14-16(3,13)11-7-5-4-6-8-11/h4-8,13H,9-10,12H2,1-3H3. The first-order valence-electron chi connectivity index (χ1n) is 5.55. The van der Waals surface area contributed by atoms with Gasteiger partial charge in [0, 0.05) is 0 Å². The van der Waals surface area contributed by atoms with Crippen LogP contribution < -0.4 is 10.9 Å². The van der Waals surface area contributed by atoms with Crippen molar-refractivity contribution in [3.05, 3.63) is 30.3 Å². The number of nitrogens with two attached hydrogens (primary N) is 1. The van der Waals surface area contributed by atoms with E-state index < -0.39 is 16.9 Å². The Morgan fingerprint density at radius 2 is 1.75 bits per heavy atom. The predicted molar refractivity (Wildman–Crippen MR) is 72.3 cm³/mol. The molecule has 3 N–H and O–H groups in total. The molecule has 0 saturated heterocycles. The van der Waals surface area contributed by atoms with Crippen LogP contribution in [0.4, 0.5) is 0 Å². The van der Waals surface area contributed by atoms with Gasteiger partial charge in [0.1, 0.15) is 0 Å². The average Bonchev–Trinajstić information content (AvgIpc) is 2.17. The molecule has 1 aromatic rings. The maximum atomic E-state index is 10.5. The van der Waals surface area contributed by atoms with Crippen molar-refractivity contribution in [1.82, 2.24) is 0 Å². The van der Waals surface area contributed by atoms with Crippen molar-refractivity contribution in [2.75, 3.05) is 6.54 Å². The van der Waals surface area contributed by atoms with Crippen molar-refractivity contribution in [2.45, 2.75) is 25.7 Å². The summed E-state index contributed by atoms with van der Waals surface area (Å²) in [6, 6.07) is 10.5. The second kappa shape index (κ2) is 5.24. The summed E-state index contributed by atoms with van der Waals surface area (Å²) in [7, 11) is -4.58. The lowest BCUT2D eigenvalue weighted by Gasteiger charge is -2.32. The summed E-state index contributed by atoms with van der Waals surface area (Å²) < 4.78 is 6.01. The molecule has 1 aromatic carbocycles. The summed E-state index contributed by atoms with van der Waals surface area (Å²) in [6.45, 7) is 6.65. The summed E-state index contributed by atoms with van der Waals surface area (Å²) in [5, 5.41) is 0.924. The summed E-state index contributed by atoms with van der Waals surface area (Å²) in [6.07, 6.45) is 0. The molecule has 1 atom stereocenters. The Morgan fingerprint density at radius 1 is 1.19 bits per heavy atom. The molecular weight excluding hydrogens is 234 g/mol. The monoisotopic (exact) mass is 255 g/mol. The van der Waals surface area contributed by atoms with Gasteiger partial charge in [0.2, 0.25) is 0 Å². The van der Waals surface area contributed by atoms with Crippen LogP contribution in [-0.2, 0) is 4.12 Å². The zero-order valence-corrected chi connectivity index (χ0v) is 12.2. The molecule has 5 heteroatoms. The zero-order chi connectivity index (χ0) is 12.2. The van der Waals surface area contributed by atoms with E-state index in [2.05, 4.69) is 13.1 Å². The van der Waals surface area contributed by atoms with Crippen LogP contribution >= 0.6 is 0 Å². The Kier molecular flexibility index (Phi) is 4.46. The Bertz CT molecular complexity index is 328. The molecule has 0 aliphatic rings. The summed E-state index contributed by atoms with van der Waals surface area (Å²) >= 11 is 0. The predicted octanol–water partition coefficient (Wildman–Crippen LogP) is 1.14. The van der Waals surface area contributed by atoms with Crippen LogP contribution in [0.5, 0.6) is 0 Å². The van der Waals surface area contributed by atoms with Crippen LogP contribution in [0.15, 0.2) is 30.3 Å². The SMILES string of the molecule is C[Si](C)(CCN)O[Si](C)(O)c1ccccc1. The fraction of sp³-hybridized carbons (Fsp3) is 0.455. The van der Waals surface area contributed by atoms with Crippen LogP contribution in [0.25, 0.3) is 0 Å². The molecule has 0 bridgehead atoms. The smallest absolute Gasteiger partial charge is 0.356 e. The third-order valence-electron chi connectivity index (χ3n) is 2.53. The first kappa shape index (κ1) is 13.6. The molecule has 0 radical (unpaired) electrons. The highest BCUT2D eigenvalue weighted by atomic mass is 28.4. The van der Waals surface area contributed by atoms with Crippen molar-refractivity contribution < 1.29 is 8.91 Å². The van der Waals surface area contributed by atoms with Crippen molar-refractivity contribution in [3.8, 4) is 0 Å². The van der Waals surface area contributed by atoms with Gasteiger partial charge in [-0.1, -0.05) is 30.3 Å². The summed E-state index contributed by atoms with van der Waals surface area (Å²) in [5.74, 6) is 0. The lowest BCUT2D eigenvalue weighted by Crippen LogP contribution is -2.55.